The molecule has 16 heavy (non-hydrogen) atoms. The van der Waals surface area contributed by atoms with Gasteiger partial charge < -0.3 is 5.11 Å². The van der Waals surface area contributed by atoms with Crippen LogP contribution in [0.2, 0.25) is 0 Å². The van der Waals surface area contributed by atoms with Crippen molar-refractivity contribution in [1.29, 1.82) is 0 Å². The van der Waals surface area contributed by atoms with E-state index in [1.807, 2.05) is 12.2 Å². The summed E-state index contributed by atoms with van der Waals surface area (Å²) in [5, 5.41) is 9.54. The van der Waals surface area contributed by atoms with Gasteiger partial charge in [-0.2, -0.15) is 0 Å². The standard InChI is InChI=1S/C11H12N2O2S/c1-7(14)6-13-10(15)8-4-2-3-5-9(8)12-11(13)16/h2-5,7-8,14H,6H2,1H3. The SMILES string of the molecule is CC(O)CN1C(=O)C2C=CC=CC2=NC1=S. The van der Waals surface area contributed by atoms with Crippen LogP contribution >= 0.6 is 12.2 Å². The fourth-order valence-electron chi connectivity index (χ4n) is 1.71. The van der Waals surface area contributed by atoms with E-state index in [4.69, 9.17) is 12.2 Å². The first-order valence-corrected chi connectivity index (χ1v) is 5.47. The van der Waals surface area contributed by atoms with E-state index >= 15 is 0 Å². The van der Waals surface area contributed by atoms with E-state index in [0.29, 0.717) is 5.71 Å². The highest BCUT2D eigenvalue weighted by Gasteiger charge is 2.33. The molecule has 4 nitrogen and oxygen atoms in total. The van der Waals surface area contributed by atoms with E-state index in [9.17, 15) is 9.90 Å². The lowest BCUT2D eigenvalue weighted by atomic mass is 9.95. The molecular weight excluding hydrogens is 224 g/mol. The molecule has 2 atom stereocenters. The molecule has 0 bridgehead atoms. The van der Waals surface area contributed by atoms with E-state index in [2.05, 4.69) is 4.99 Å². The van der Waals surface area contributed by atoms with Crippen LogP contribution in [0.3, 0.4) is 0 Å². The van der Waals surface area contributed by atoms with E-state index in [1.54, 1.807) is 19.1 Å². The highest BCUT2D eigenvalue weighted by molar-refractivity contribution is 7.80. The Hall–Kier alpha value is -1.33. The smallest absolute Gasteiger partial charge is 0.241 e. The van der Waals surface area contributed by atoms with Gasteiger partial charge in [0.05, 0.1) is 24.3 Å². The Morgan fingerprint density at radius 1 is 1.62 bits per heavy atom. The Bertz CT molecular complexity index is 424. The number of amides is 1. The van der Waals surface area contributed by atoms with Crippen LogP contribution in [0.1, 0.15) is 6.92 Å². The number of aliphatic imine (C=N–C) groups is 1. The van der Waals surface area contributed by atoms with Gasteiger partial charge in [-0.3, -0.25) is 9.69 Å². The number of allylic oxidation sites excluding steroid dienone is 3. The molecule has 1 aliphatic heterocycles. The first kappa shape index (κ1) is 11.2. The molecule has 0 saturated carbocycles. The number of aliphatic hydroxyl groups excluding tert-OH is 1. The van der Waals surface area contributed by atoms with Crippen LogP contribution in [0.5, 0.6) is 0 Å². The number of β-amino-alcohol motifs (C(OH)–C–C–N with tert-alkyl or cyclic N) is 1. The number of aliphatic hydroxyl groups is 1. The van der Waals surface area contributed by atoms with Gasteiger partial charge in [0.1, 0.15) is 0 Å². The summed E-state index contributed by atoms with van der Waals surface area (Å²) in [5.41, 5.74) is 0.680. The second-order valence-corrected chi connectivity index (χ2v) is 4.20. The van der Waals surface area contributed by atoms with Crippen molar-refractivity contribution < 1.29 is 9.90 Å². The van der Waals surface area contributed by atoms with Crippen LogP contribution in [0.4, 0.5) is 0 Å². The van der Waals surface area contributed by atoms with Crippen molar-refractivity contribution in [3.05, 3.63) is 24.3 Å². The molecule has 2 rings (SSSR count). The summed E-state index contributed by atoms with van der Waals surface area (Å²) in [5.74, 6) is -0.466. The van der Waals surface area contributed by atoms with Crippen LogP contribution in [0.15, 0.2) is 29.3 Å². The summed E-state index contributed by atoms with van der Waals surface area (Å²) in [6, 6.07) is 0. The average Bonchev–Trinajstić information content (AvgIpc) is 2.24. The van der Waals surface area contributed by atoms with Gasteiger partial charge in [0.25, 0.3) is 0 Å². The van der Waals surface area contributed by atoms with Gasteiger partial charge in [-0.05, 0) is 25.2 Å². The predicted octanol–water partition coefficient (Wildman–Crippen LogP) is 0.678. The minimum Gasteiger partial charge on any atom is -0.392 e. The van der Waals surface area contributed by atoms with E-state index in [1.165, 1.54) is 4.90 Å². The molecule has 5 heteroatoms. The average molecular weight is 236 g/mol. The lowest BCUT2D eigenvalue weighted by Crippen LogP contribution is -2.48. The van der Waals surface area contributed by atoms with Gasteiger partial charge in [-0.1, -0.05) is 18.2 Å². The molecule has 0 aromatic carbocycles. The largest absolute Gasteiger partial charge is 0.392 e. The number of rotatable bonds is 2. The third kappa shape index (κ3) is 1.96. The van der Waals surface area contributed by atoms with Crippen LogP contribution < -0.4 is 0 Å². The molecule has 1 heterocycles. The Morgan fingerprint density at radius 2 is 2.38 bits per heavy atom. The fraction of sp³-hybridized carbons (Fsp3) is 0.364. The number of nitrogens with zero attached hydrogens (tertiary/aromatic N) is 2. The first-order chi connectivity index (χ1) is 7.59. The lowest BCUT2D eigenvalue weighted by Gasteiger charge is -2.30. The van der Waals surface area contributed by atoms with Crippen molar-refractivity contribution in [3.63, 3.8) is 0 Å². The number of carbonyl (C=O) groups is 1. The summed E-state index contributed by atoms with van der Waals surface area (Å²) < 4.78 is 0. The minimum atomic E-state index is -0.609. The van der Waals surface area contributed by atoms with Crippen LogP contribution in [-0.4, -0.2) is 39.4 Å². The summed E-state index contributed by atoms with van der Waals surface area (Å²) in [4.78, 5) is 17.6. The molecule has 1 amide bonds. The Balaban J connectivity index is 2.29. The van der Waals surface area contributed by atoms with Crippen LogP contribution in [0, 0.1) is 5.92 Å². The minimum absolute atomic E-state index is 0.114. The second-order valence-electron chi connectivity index (χ2n) is 3.84. The molecule has 0 aromatic heterocycles. The Morgan fingerprint density at radius 3 is 3.06 bits per heavy atom. The molecule has 2 aliphatic rings. The highest BCUT2D eigenvalue weighted by atomic mass is 32.1. The van der Waals surface area contributed by atoms with Crippen LogP contribution in [0.25, 0.3) is 0 Å². The van der Waals surface area contributed by atoms with E-state index < -0.39 is 6.10 Å². The molecule has 0 spiro atoms. The van der Waals surface area contributed by atoms with Crippen molar-refractivity contribution in [2.24, 2.45) is 10.9 Å². The van der Waals surface area contributed by atoms with Crippen molar-refractivity contribution in [2.75, 3.05) is 6.54 Å². The second kappa shape index (κ2) is 4.27. The zero-order valence-corrected chi connectivity index (χ0v) is 9.65. The maximum atomic E-state index is 12.1. The molecule has 1 N–H and O–H groups in total. The van der Waals surface area contributed by atoms with Gasteiger partial charge >= 0.3 is 0 Å². The Kier molecular flexibility index (Phi) is 2.98. The number of thiocarbonyl (C=S) groups is 1. The lowest BCUT2D eigenvalue weighted by molar-refractivity contribution is -0.129. The van der Waals surface area contributed by atoms with Crippen LogP contribution in [-0.2, 0) is 4.79 Å². The normalized spacial score (nSPS) is 25.5. The monoisotopic (exact) mass is 236 g/mol. The summed E-state index contributed by atoms with van der Waals surface area (Å²) in [6.45, 7) is 1.81. The molecule has 0 fully saturated rings. The zero-order chi connectivity index (χ0) is 11.7. The molecule has 0 saturated heterocycles. The van der Waals surface area contributed by atoms with Crippen molar-refractivity contribution in [1.82, 2.24) is 4.90 Å². The number of hydrogen-bond donors (Lipinski definition) is 1. The topological polar surface area (TPSA) is 52.9 Å². The quantitative estimate of drug-likeness (QED) is 0.717. The van der Waals surface area contributed by atoms with Gasteiger partial charge in [0.2, 0.25) is 11.0 Å². The van der Waals surface area contributed by atoms with E-state index in [0.717, 1.165) is 0 Å². The summed E-state index contributed by atoms with van der Waals surface area (Å²) in [7, 11) is 0. The molecular formula is C11H12N2O2S. The van der Waals surface area contributed by atoms with Gasteiger partial charge in [-0.25, -0.2) is 4.99 Å². The third-order valence-electron chi connectivity index (χ3n) is 2.43. The Labute approximate surface area is 99.0 Å². The molecule has 84 valence electrons. The van der Waals surface area contributed by atoms with Crippen molar-refractivity contribution in [3.8, 4) is 0 Å². The highest BCUT2D eigenvalue weighted by Crippen LogP contribution is 2.19. The first-order valence-electron chi connectivity index (χ1n) is 5.06. The molecule has 0 radical (unpaired) electrons. The third-order valence-corrected chi connectivity index (χ3v) is 2.75. The fourth-order valence-corrected chi connectivity index (χ4v) is 1.98. The number of fused-ring (bicyclic) bond motifs is 1. The van der Waals surface area contributed by atoms with Crippen molar-refractivity contribution >= 4 is 28.9 Å². The maximum absolute atomic E-state index is 12.1. The van der Waals surface area contributed by atoms with Gasteiger partial charge in [-0.15, -0.1) is 0 Å². The molecule has 2 unspecified atom stereocenters. The number of carbonyl (C=O) groups excluding carboxylic acids is 1. The van der Waals surface area contributed by atoms with Gasteiger partial charge in [0.15, 0.2) is 0 Å². The zero-order valence-electron chi connectivity index (χ0n) is 8.83. The molecule has 1 aliphatic carbocycles. The summed E-state index contributed by atoms with van der Waals surface area (Å²) in [6.07, 6.45) is 6.61. The summed E-state index contributed by atoms with van der Waals surface area (Å²) >= 11 is 5.04. The van der Waals surface area contributed by atoms with Gasteiger partial charge in [0, 0.05) is 0 Å². The number of hydrogen-bond acceptors (Lipinski definition) is 3. The molecule has 0 aromatic rings. The van der Waals surface area contributed by atoms with Crippen molar-refractivity contribution in [2.45, 2.75) is 13.0 Å². The maximum Gasteiger partial charge on any atom is 0.241 e. The van der Waals surface area contributed by atoms with E-state index in [-0.39, 0.29) is 23.5 Å². The predicted molar refractivity (Wildman–Crippen MR) is 65.2 cm³/mol.